The molecule has 38 heavy (non-hydrogen) atoms. The molecule has 7 aromatic rings. The van der Waals surface area contributed by atoms with Crippen LogP contribution in [0.3, 0.4) is 0 Å². The minimum absolute atomic E-state index is 0.600. The molecule has 0 aliphatic carbocycles. The first-order valence-electron chi connectivity index (χ1n) is 12.7. The van der Waals surface area contributed by atoms with Gasteiger partial charge in [-0.05, 0) is 63.0 Å². The van der Waals surface area contributed by atoms with E-state index in [9.17, 15) is 0 Å². The Balaban J connectivity index is 1.44. The summed E-state index contributed by atoms with van der Waals surface area (Å²) in [5.41, 5.74) is 3.74. The Bertz CT molecular complexity index is 1930. The van der Waals surface area contributed by atoms with E-state index in [1.807, 2.05) is 66.7 Å². The predicted molar refractivity (Wildman–Crippen MR) is 162 cm³/mol. The second kappa shape index (κ2) is 9.10. The monoisotopic (exact) mass is 505 g/mol. The maximum absolute atomic E-state index is 15.4. The van der Waals surface area contributed by atoms with Crippen molar-refractivity contribution in [1.82, 2.24) is 4.98 Å². The highest BCUT2D eigenvalue weighted by Crippen LogP contribution is 2.43. The predicted octanol–water partition coefficient (Wildman–Crippen LogP) is 7.85. The molecular formula is C35H24NOP. The van der Waals surface area contributed by atoms with Gasteiger partial charge >= 0.3 is 0 Å². The average Bonchev–Trinajstić information content (AvgIpc) is 3.00. The molecule has 0 unspecified atom stereocenters. The van der Waals surface area contributed by atoms with Crippen LogP contribution in [-0.2, 0) is 4.57 Å². The fraction of sp³-hybridized carbons (Fsp3) is 0. The third-order valence-electron chi connectivity index (χ3n) is 7.30. The summed E-state index contributed by atoms with van der Waals surface area (Å²) in [4.78, 5) is 5.03. The number of hydrogen-bond acceptors (Lipinski definition) is 2. The average molecular weight is 506 g/mol. The molecule has 0 saturated heterocycles. The van der Waals surface area contributed by atoms with E-state index in [0.29, 0.717) is 5.44 Å². The quantitative estimate of drug-likeness (QED) is 0.228. The molecule has 0 atom stereocenters. The van der Waals surface area contributed by atoms with E-state index in [1.54, 1.807) is 0 Å². The van der Waals surface area contributed by atoms with E-state index in [-0.39, 0.29) is 0 Å². The Hall–Kier alpha value is -4.52. The molecule has 6 aromatic carbocycles. The van der Waals surface area contributed by atoms with Gasteiger partial charge < -0.3 is 4.57 Å². The molecule has 7 rings (SSSR count). The normalized spacial score (nSPS) is 11.8. The molecule has 0 fully saturated rings. The molecule has 1 aromatic heterocycles. The fourth-order valence-electron chi connectivity index (χ4n) is 5.26. The van der Waals surface area contributed by atoms with Crippen LogP contribution in [0.2, 0.25) is 0 Å². The molecule has 0 bridgehead atoms. The number of pyridine rings is 1. The number of fused-ring (bicyclic) bond motifs is 3. The van der Waals surface area contributed by atoms with E-state index < -0.39 is 7.14 Å². The lowest BCUT2D eigenvalue weighted by Crippen LogP contribution is -2.27. The standard InChI is InChI=1S/C35H24NOP/c37-38(32-18-14-26-10-4-6-12-28(26)23-32,33-19-15-27-11-5-7-13-29(27)24-33)35-21-17-31-22-30(16-20-34(31)36-35)25-8-2-1-3-9-25/h1-24H. The summed E-state index contributed by atoms with van der Waals surface area (Å²) >= 11 is 0. The van der Waals surface area contributed by atoms with Gasteiger partial charge in [0.1, 0.15) is 5.44 Å². The Morgan fingerprint density at radius 3 is 1.61 bits per heavy atom. The summed E-state index contributed by atoms with van der Waals surface area (Å²) in [6.07, 6.45) is 0. The van der Waals surface area contributed by atoms with Crippen molar-refractivity contribution >= 4 is 55.6 Å². The largest absolute Gasteiger partial charge is 0.307 e. The van der Waals surface area contributed by atoms with Crippen molar-refractivity contribution in [1.29, 1.82) is 0 Å². The summed E-state index contributed by atoms with van der Waals surface area (Å²) < 4.78 is 15.4. The van der Waals surface area contributed by atoms with Gasteiger partial charge in [0.05, 0.1) is 5.52 Å². The molecule has 2 nitrogen and oxygen atoms in total. The van der Waals surface area contributed by atoms with Gasteiger partial charge in [0.2, 0.25) is 0 Å². The second-order valence-corrected chi connectivity index (χ2v) is 12.3. The van der Waals surface area contributed by atoms with Crippen molar-refractivity contribution in [3.8, 4) is 11.1 Å². The van der Waals surface area contributed by atoms with Crippen molar-refractivity contribution < 1.29 is 4.57 Å². The van der Waals surface area contributed by atoms with E-state index in [1.165, 1.54) is 0 Å². The maximum Gasteiger partial charge on any atom is 0.188 e. The topological polar surface area (TPSA) is 30.0 Å². The zero-order valence-electron chi connectivity index (χ0n) is 20.7. The lowest BCUT2D eigenvalue weighted by atomic mass is 10.0. The summed E-state index contributed by atoms with van der Waals surface area (Å²) in [6.45, 7) is 0. The smallest absolute Gasteiger partial charge is 0.188 e. The van der Waals surface area contributed by atoms with Gasteiger partial charge in [0.15, 0.2) is 7.14 Å². The fourth-order valence-corrected chi connectivity index (χ4v) is 7.83. The van der Waals surface area contributed by atoms with Crippen LogP contribution in [-0.4, -0.2) is 4.98 Å². The van der Waals surface area contributed by atoms with Crippen LogP contribution < -0.4 is 16.0 Å². The van der Waals surface area contributed by atoms with Crippen molar-refractivity contribution in [2.45, 2.75) is 0 Å². The van der Waals surface area contributed by atoms with E-state index in [0.717, 1.165) is 54.2 Å². The number of aromatic nitrogens is 1. The molecular weight excluding hydrogens is 481 g/mol. The molecule has 3 heteroatoms. The van der Waals surface area contributed by atoms with E-state index in [4.69, 9.17) is 4.98 Å². The Kier molecular flexibility index (Phi) is 5.43. The molecule has 0 radical (unpaired) electrons. The van der Waals surface area contributed by atoms with Crippen molar-refractivity contribution in [2.24, 2.45) is 0 Å². The minimum Gasteiger partial charge on any atom is -0.307 e. The van der Waals surface area contributed by atoms with Gasteiger partial charge in [-0.15, -0.1) is 0 Å². The summed E-state index contributed by atoms with van der Waals surface area (Å²) in [6, 6.07) is 49.3. The first-order chi connectivity index (χ1) is 18.7. The molecule has 0 amide bonds. The van der Waals surface area contributed by atoms with Crippen LogP contribution in [0.4, 0.5) is 0 Å². The lowest BCUT2D eigenvalue weighted by Gasteiger charge is -2.20. The first kappa shape index (κ1) is 22.7. The highest BCUT2D eigenvalue weighted by atomic mass is 31.2. The van der Waals surface area contributed by atoms with Crippen LogP contribution in [0.5, 0.6) is 0 Å². The van der Waals surface area contributed by atoms with E-state index in [2.05, 4.69) is 78.9 Å². The number of hydrogen-bond donors (Lipinski definition) is 0. The highest BCUT2D eigenvalue weighted by molar-refractivity contribution is 7.85. The molecule has 1 heterocycles. The van der Waals surface area contributed by atoms with Crippen molar-refractivity contribution in [2.75, 3.05) is 0 Å². The van der Waals surface area contributed by atoms with Gasteiger partial charge in [0, 0.05) is 16.0 Å². The lowest BCUT2D eigenvalue weighted by molar-refractivity contribution is 0.592. The third-order valence-corrected chi connectivity index (χ3v) is 10.2. The van der Waals surface area contributed by atoms with Gasteiger partial charge in [-0.2, -0.15) is 0 Å². The van der Waals surface area contributed by atoms with Gasteiger partial charge in [-0.1, -0.05) is 115 Å². The number of benzene rings is 6. The zero-order chi connectivity index (χ0) is 25.5. The zero-order valence-corrected chi connectivity index (χ0v) is 21.6. The first-order valence-corrected chi connectivity index (χ1v) is 14.4. The number of nitrogens with zero attached hydrogens (tertiary/aromatic N) is 1. The maximum atomic E-state index is 15.4. The molecule has 0 N–H and O–H groups in total. The third kappa shape index (κ3) is 3.82. The molecule has 180 valence electrons. The Labute approximate surface area is 221 Å². The molecule has 0 saturated carbocycles. The van der Waals surface area contributed by atoms with Gasteiger partial charge in [-0.3, -0.25) is 0 Å². The highest BCUT2D eigenvalue weighted by Gasteiger charge is 2.32. The number of rotatable bonds is 4. The molecule has 0 spiro atoms. The Morgan fingerprint density at radius 2 is 0.974 bits per heavy atom. The molecule has 0 aliphatic heterocycles. The molecule has 0 aliphatic rings. The van der Waals surface area contributed by atoms with Crippen LogP contribution in [0.1, 0.15) is 0 Å². The summed E-state index contributed by atoms with van der Waals surface area (Å²) in [5.74, 6) is 0. The minimum atomic E-state index is -3.27. The summed E-state index contributed by atoms with van der Waals surface area (Å²) in [7, 11) is -3.27. The van der Waals surface area contributed by atoms with Crippen LogP contribution >= 0.6 is 7.14 Å². The van der Waals surface area contributed by atoms with Crippen LogP contribution in [0.25, 0.3) is 43.6 Å². The van der Waals surface area contributed by atoms with Crippen molar-refractivity contribution in [3.05, 3.63) is 146 Å². The Morgan fingerprint density at radius 1 is 0.421 bits per heavy atom. The summed E-state index contributed by atoms with van der Waals surface area (Å²) in [5, 5.41) is 7.00. The second-order valence-electron chi connectivity index (χ2n) is 9.62. The van der Waals surface area contributed by atoms with E-state index >= 15 is 4.57 Å². The van der Waals surface area contributed by atoms with Crippen LogP contribution in [0, 0.1) is 0 Å². The van der Waals surface area contributed by atoms with Crippen molar-refractivity contribution in [3.63, 3.8) is 0 Å². The SMILES string of the molecule is O=P(c1ccc2ccccc2c1)(c1ccc2ccccc2c1)c1ccc2cc(-c3ccccc3)ccc2n1. The van der Waals surface area contributed by atoms with Gasteiger partial charge in [-0.25, -0.2) is 4.98 Å². The van der Waals surface area contributed by atoms with Gasteiger partial charge in [0.25, 0.3) is 0 Å². The van der Waals surface area contributed by atoms with Crippen LogP contribution in [0.15, 0.2) is 146 Å².